The number of hydrogen-bond donors (Lipinski definition) is 1. The van der Waals surface area contributed by atoms with E-state index in [-0.39, 0.29) is 16.4 Å². The van der Waals surface area contributed by atoms with Crippen molar-refractivity contribution in [2.24, 2.45) is 5.41 Å². The van der Waals surface area contributed by atoms with Crippen LogP contribution in [0.5, 0.6) is 0 Å². The predicted octanol–water partition coefficient (Wildman–Crippen LogP) is -0.608. The molecule has 1 atom stereocenters. The van der Waals surface area contributed by atoms with Crippen molar-refractivity contribution in [2.75, 3.05) is 13.1 Å². The number of nitrogens with one attached hydrogen (secondary N) is 1. The zero-order chi connectivity index (χ0) is 13.0. The second-order valence-electron chi connectivity index (χ2n) is 5.60. The molecule has 0 aromatic carbocycles. The Labute approximate surface area is 108 Å². The van der Waals surface area contributed by atoms with E-state index < -0.39 is 0 Å². The lowest BCUT2D eigenvalue weighted by Crippen LogP contribution is -2.29. The molecular formula is C13H14N4O2. The Morgan fingerprint density at radius 3 is 3.05 bits per heavy atom. The molecule has 2 aromatic rings. The highest BCUT2D eigenvalue weighted by Crippen LogP contribution is 2.35. The minimum atomic E-state index is -0.158. The summed E-state index contributed by atoms with van der Waals surface area (Å²) in [4.78, 5) is 23.8. The first-order chi connectivity index (χ1) is 9.17. The Balaban J connectivity index is 1.96. The van der Waals surface area contributed by atoms with Crippen LogP contribution < -0.4 is 16.3 Å². The summed E-state index contributed by atoms with van der Waals surface area (Å²) in [6, 6.07) is 2.79. The number of pyridine rings is 1. The minimum Gasteiger partial charge on any atom is -0.316 e. The predicted molar refractivity (Wildman–Crippen MR) is 69.3 cm³/mol. The van der Waals surface area contributed by atoms with Crippen LogP contribution in [0.1, 0.15) is 12.2 Å². The summed E-state index contributed by atoms with van der Waals surface area (Å²) in [5, 5.41) is 7.85. The number of hydrogen-bond acceptors (Lipinski definition) is 4. The van der Waals surface area contributed by atoms with Crippen molar-refractivity contribution < 1.29 is 0 Å². The van der Waals surface area contributed by atoms with Gasteiger partial charge in [0, 0.05) is 43.3 Å². The molecule has 0 amide bonds. The van der Waals surface area contributed by atoms with E-state index in [0.29, 0.717) is 12.1 Å². The van der Waals surface area contributed by atoms with Crippen LogP contribution in [0.25, 0.3) is 5.52 Å². The zero-order valence-electron chi connectivity index (χ0n) is 10.4. The highest BCUT2D eigenvalue weighted by molar-refractivity contribution is 5.43. The van der Waals surface area contributed by atoms with Crippen molar-refractivity contribution in [3.63, 3.8) is 0 Å². The van der Waals surface area contributed by atoms with Gasteiger partial charge in [-0.1, -0.05) is 0 Å². The summed E-state index contributed by atoms with van der Waals surface area (Å²) in [5.41, 5.74) is 0.234. The van der Waals surface area contributed by atoms with Gasteiger partial charge in [-0.2, -0.15) is 5.10 Å². The van der Waals surface area contributed by atoms with E-state index in [1.165, 1.54) is 16.6 Å². The molecule has 1 unspecified atom stereocenters. The van der Waals surface area contributed by atoms with E-state index >= 15 is 0 Å². The summed E-state index contributed by atoms with van der Waals surface area (Å²) in [7, 11) is 0. The van der Waals surface area contributed by atoms with Gasteiger partial charge in [-0.15, -0.1) is 0 Å². The average Bonchev–Trinajstić information content (AvgIpc) is 2.99. The van der Waals surface area contributed by atoms with Crippen molar-refractivity contribution in [2.45, 2.75) is 19.4 Å². The Kier molecular flexibility index (Phi) is 2.04. The third-order valence-corrected chi connectivity index (χ3v) is 4.26. The molecule has 4 rings (SSSR count). The van der Waals surface area contributed by atoms with Gasteiger partial charge in [-0.25, -0.2) is 4.52 Å². The van der Waals surface area contributed by atoms with Crippen LogP contribution in [0.4, 0.5) is 0 Å². The lowest BCUT2D eigenvalue weighted by molar-refractivity contribution is 0.315. The Bertz CT molecular complexity index is 783. The lowest BCUT2D eigenvalue weighted by atomic mass is 9.86. The van der Waals surface area contributed by atoms with Crippen molar-refractivity contribution in [1.82, 2.24) is 19.5 Å². The van der Waals surface area contributed by atoms with Gasteiger partial charge >= 0.3 is 0 Å². The average molecular weight is 258 g/mol. The molecule has 98 valence electrons. The number of nitrogens with zero attached hydrogens (tertiary/aromatic N) is 3. The maximum Gasteiger partial charge on any atom is 0.278 e. The Morgan fingerprint density at radius 2 is 2.26 bits per heavy atom. The number of aromatic nitrogens is 3. The fraction of sp³-hybridized carbons (Fsp3) is 0.462. The van der Waals surface area contributed by atoms with Gasteiger partial charge in [-0.3, -0.25) is 14.2 Å². The molecule has 2 aliphatic heterocycles. The van der Waals surface area contributed by atoms with E-state index in [0.717, 1.165) is 31.8 Å². The molecule has 4 heterocycles. The zero-order valence-corrected chi connectivity index (χ0v) is 10.4. The molecule has 2 aromatic heterocycles. The fourth-order valence-electron chi connectivity index (χ4n) is 3.26. The first-order valence-electron chi connectivity index (χ1n) is 6.50. The minimum absolute atomic E-state index is 0.105. The highest BCUT2D eigenvalue weighted by atomic mass is 16.1. The molecule has 2 aliphatic rings. The molecule has 19 heavy (non-hydrogen) atoms. The van der Waals surface area contributed by atoms with Crippen molar-refractivity contribution in [1.29, 1.82) is 0 Å². The third kappa shape index (κ3) is 1.49. The fourth-order valence-corrected chi connectivity index (χ4v) is 3.26. The summed E-state index contributed by atoms with van der Waals surface area (Å²) in [6.45, 7) is 2.64. The molecule has 1 saturated heterocycles. The van der Waals surface area contributed by atoms with E-state index in [4.69, 9.17) is 0 Å². The topological polar surface area (TPSA) is 68.4 Å². The third-order valence-electron chi connectivity index (χ3n) is 4.26. The normalized spacial score (nSPS) is 25.3. The summed E-state index contributed by atoms with van der Waals surface area (Å²) < 4.78 is 3.26. The summed E-state index contributed by atoms with van der Waals surface area (Å²) in [6.07, 6.45) is 3.47. The smallest absolute Gasteiger partial charge is 0.278 e. The van der Waals surface area contributed by atoms with Gasteiger partial charge in [0.2, 0.25) is 0 Å². The first-order valence-corrected chi connectivity index (χ1v) is 6.50. The van der Waals surface area contributed by atoms with E-state index in [9.17, 15) is 9.59 Å². The SMILES string of the molecule is O=c1ccn2nc3n(c(=O)c2c1)CC1(CCNC1)C3. The molecule has 6 nitrogen and oxygen atoms in total. The molecule has 0 bridgehead atoms. The van der Waals surface area contributed by atoms with E-state index in [2.05, 4.69) is 10.4 Å². The van der Waals surface area contributed by atoms with Crippen molar-refractivity contribution in [3.8, 4) is 0 Å². The molecule has 6 heteroatoms. The Hall–Kier alpha value is -1.95. The summed E-state index contributed by atoms with van der Waals surface area (Å²) in [5.74, 6) is 0.824. The molecular weight excluding hydrogens is 244 g/mol. The van der Waals surface area contributed by atoms with Gasteiger partial charge in [0.25, 0.3) is 5.56 Å². The van der Waals surface area contributed by atoms with Crippen molar-refractivity contribution >= 4 is 5.52 Å². The van der Waals surface area contributed by atoms with Crippen LogP contribution >= 0.6 is 0 Å². The second kappa shape index (κ2) is 3.54. The molecule has 0 saturated carbocycles. The summed E-state index contributed by atoms with van der Waals surface area (Å²) >= 11 is 0. The second-order valence-corrected chi connectivity index (χ2v) is 5.60. The quantitative estimate of drug-likeness (QED) is 0.684. The van der Waals surface area contributed by atoms with Crippen molar-refractivity contribution in [3.05, 3.63) is 44.7 Å². The van der Waals surface area contributed by atoms with Gasteiger partial charge in [-0.05, 0) is 13.0 Å². The van der Waals surface area contributed by atoms with E-state index in [1.807, 2.05) is 0 Å². The Morgan fingerprint density at radius 1 is 1.37 bits per heavy atom. The van der Waals surface area contributed by atoms with Gasteiger partial charge < -0.3 is 5.32 Å². The van der Waals surface area contributed by atoms with Crippen LogP contribution in [0.3, 0.4) is 0 Å². The maximum atomic E-state index is 12.5. The molecule has 0 radical (unpaired) electrons. The monoisotopic (exact) mass is 258 g/mol. The molecule has 1 N–H and O–H groups in total. The van der Waals surface area contributed by atoms with Crippen LogP contribution in [0.15, 0.2) is 27.9 Å². The van der Waals surface area contributed by atoms with Crippen LogP contribution in [0, 0.1) is 5.41 Å². The molecule has 1 spiro atoms. The molecule has 0 aliphatic carbocycles. The van der Waals surface area contributed by atoms with Crippen LogP contribution in [-0.2, 0) is 13.0 Å². The molecule has 1 fully saturated rings. The van der Waals surface area contributed by atoms with Gasteiger partial charge in [0.15, 0.2) is 5.43 Å². The standard InChI is InChI=1S/C13H14N4O2/c18-9-1-4-17-10(5-9)12(19)16-8-13(2-3-14-7-13)6-11(16)15-17/h1,4-5,14H,2-3,6-8H2. The number of fused-ring (bicyclic) bond motifs is 2. The van der Waals surface area contributed by atoms with Gasteiger partial charge in [0.05, 0.1) is 0 Å². The van der Waals surface area contributed by atoms with Gasteiger partial charge in [0.1, 0.15) is 11.3 Å². The lowest BCUT2D eigenvalue weighted by Gasteiger charge is -2.18. The van der Waals surface area contributed by atoms with Crippen LogP contribution in [-0.4, -0.2) is 27.3 Å². The largest absolute Gasteiger partial charge is 0.316 e. The highest BCUT2D eigenvalue weighted by Gasteiger charge is 2.41. The maximum absolute atomic E-state index is 12.5. The number of rotatable bonds is 0. The van der Waals surface area contributed by atoms with Crippen LogP contribution in [0.2, 0.25) is 0 Å². The van der Waals surface area contributed by atoms with E-state index in [1.54, 1.807) is 10.8 Å². The first kappa shape index (κ1) is 10.9.